The third kappa shape index (κ3) is 6.07. The zero-order chi connectivity index (χ0) is 22.3. The van der Waals surface area contributed by atoms with E-state index in [0.717, 1.165) is 6.39 Å². The topological polar surface area (TPSA) is 160 Å². The maximum atomic E-state index is 12.3. The van der Waals surface area contributed by atoms with Crippen molar-refractivity contribution in [3.63, 3.8) is 0 Å². The molecule has 2 atom stereocenters. The van der Waals surface area contributed by atoms with E-state index in [1.165, 1.54) is 34.8 Å². The summed E-state index contributed by atoms with van der Waals surface area (Å²) in [7, 11) is 4.74. The van der Waals surface area contributed by atoms with Crippen molar-refractivity contribution in [2.75, 3.05) is 27.2 Å². The Hall–Kier alpha value is -3.35. The number of hydrogen-bond donors (Lipinski definition) is 2. The van der Waals surface area contributed by atoms with E-state index in [0.29, 0.717) is 13.0 Å². The first-order valence-electron chi connectivity index (χ1n) is 9.27. The van der Waals surface area contributed by atoms with E-state index in [1.807, 2.05) is 0 Å². The molecule has 0 saturated heterocycles. The van der Waals surface area contributed by atoms with Crippen LogP contribution in [0.15, 0.2) is 17.1 Å². The van der Waals surface area contributed by atoms with Crippen molar-refractivity contribution in [2.24, 2.45) is 7.05 Å². The quantitative estimate of drug-likeness (QED) is 0.477. The normalized spacial score (nSPS) is 12.8. The lowest BCUT2D eigenvalue weighted by atomic mass is 10.2. The fourth-order valence-corrected chi connectivity index (χ4v) is 2.65. The molecule has 0 unspecified atom stereocenters. The first-order valence-corrected chi connectivity index (χ1v) is 9.27. The van der Waals surface area contributed by atoms with Gasteiger partial charge in [-0.05, 0) is 13.3 Å². The summed E-state index contributed by atoms with van der Waals surface area (Å²) in [4.78, 5) is 43.4. The Labute approximate surface area is 173 Å². The van der Waals surface area contributed by atoms with Crippen molar-refractivity contribution in [1.29, 1.82) is 0 Å². The number of aromatic nitrogens is 5. The molecule has 0 radical (unpaired) electrons. The van der Waals surface area contributed by atoms with Crippen LogP contribution in [0, 0.1) is 0 Å². The Morgan fingerprint density at radius 3 is 2.60 bits per heavy atom. The second-order valence-corrected chi connectivity index (χ2v) is 6.85. The molecule has 13 nitrogen and oxygen atoms in total. The molecule has 0 aliphatic rings. The molecule has 2 N–H and O–H groups in total. The van der Waals surface area contributed by atoms with E-state index in [1.54, 1.807) is 14.1 Å². The van der Waals surface area contributed by atoms with E-state index >= 15 is 0 Å². The number of aliphatic hydroxyl groups is 1. The van der Waals surface area contributed by atoms with E-state index in [2.05, 4.69) is 25.6 Å². The van der Waals surface area contributed by atoms with E-state index < -0.39 is 18.1 Å². The van der Waals surface area contributed by atoms with Crippen molar-refractivity contribution in [2.45, 2.75) is 31.9 Å². The van der Waals surface area contributed by atoms with Crippen molar-refractivity contribution in [3.05, 3.63) is 24.4 Å². The first-order chi connectivity index (χ1) is 14.2. The van der Waals surface area contributed by atoms with Crippen LogP contribution in [0.25, 0.3) is 0 Å². The lowest BCUT2D eigenvalue weighted by Gasteiger charge is -2.21. The lowest BCUT2D eigenvalue weighted by Crippen LogP contribution is -2.42. The van der Waals surface area contributed by atoms with Gasteiger partial charge in [0.1, 0.15) is 12.4 Å². The number of nitrogens with one attached hydrogen (secondary N) is 1. The second kappa shape index (κ2) is 10.4. The maximum Gasteiger partial charge on any atom is 0.291 e. The van der Waals surface area contributed by atoms with E-state index in [9.17, 15) is 19.5 Å². The molecule has 2 rings (SSSR count). The van der Waals surface area contributed by atoms with E-state index in [4.69, 9.17) is 4.42 Å². The van der Waals surface area contributed by atoms with Crippen LogP contribution in [0.1, 0.15) is 42.3 Å². The maximum absolute atomic E-state index is 12.3. The monoisotopic (exact) mass is 422 g/mol. The number of rotatable bonds is 10. The molecule has 164 valence electrons. The fourth-order valence-electron chi connectivity index (χ4n) is 2.65. The van der Waals surface area contributed by atoms with Gasteiger partial charge in [0, 0.05) is 34.1 Å². The first kappa shape index (κ1) is 22.9. The molecule has 0 aliphatic heterocycles. The number of likely N-dealkylation sites (N-methyl/N-ethyl adjacent to an activating group) is 1. The van der Waals surface area contributed by atoms with E-state index in [-0.39, 0.29) is 36.5 Å². The molecule has 0 saturated carbocycles. The van der Waals surface area contributed by atoms with Crippen molar-refractivity contribution >= 4 is 17.7 Å². The minimum absolute atomic E-state index is 0.0722. The Bertz CT molecular complexity index is 850. The number of hydrogen-bond acceptors (Lipinski definition) is 9. The number of aryl methyl sites for hydroxylation is 1. The highest BCUT2D eigenvalue weighted by atomic mass is 16.4. The highest BCUT2D eigenvalue weighted by molar-refractivity contribution is 5.90. The summed E-state index contributed by atoms with van der Waals surface area (Å²) in [5.41, 5.74) is 0. The Kier molecular flexibility index (Phi) is 7.98. The van der Waals surface area contributed by atoms with Crippen LogP contribution in [0.3, 0.4) is 0 Å². The molecule has 2 heterocycles. The number of carbonyl (C=O) groups is 3. The molecule has 2 aromatic rings. The average Bonchev–Trinajstić information content (AvgIpc) is 3.36. The van der Waals surface area contributed by atoms with Gasteiger partial charge in [-0.25, -0.2) is 9.67 Å². The zero-order valence-corrected chi connectivity index (χ0v) is 17.3. The summed E-state index contributed by atoms with van der Waals surface area (Å²) in [6.45, 7) is 1.62. The van der Waals surface area contributed by atoms with Crippen LogP contribution < -0.4 is 5.32 Å². The van der Waals surface area contributed by atoms with Crippen molar-refractivity contribution < 1.29 is 23.9 Å². The number of amides is 3. The molecular formula is C17H26N8O5. The molecule has 0 fully saturated rings. The number of aliphatic hydroxyl groups excluding tert-OH is 1. The molecule has 2 aromatic heterocycles. The van der Waals surface area contributed by atoms with Gasteiger partial charge in [0.05, 0.1) is 12.6 Å². The largest absolute Gasteiger partial charge is 0.426 e. The Morgan fingerprint density at radius 1 is 1.30 bits per heavy atom. The molecule has 0 bridgehead atoms. The fraction of sp³-hybridized carbons (Fsp3) is 0.588. The average molecular weight is 422 g/mol. The highest BCUT2D eigenvalue weighted by Crippen LogP contribution is 2.13. The van der Waals surface area contributed by atoms with Crippen LogP contribution in [0.4, 0.5) is 0 Å². The minimum Gasteiger partial charge on any atom is -0.426 e. The number of nitrogens with zero attached hydrogens (tertiary/aromatic N) is 7. The second-order valence-electron chi connectivity index (χ2n) is 6.85. The molecule has 0 aromatic carbocycles. The van der Waals surface area contributed by atoms with Gasteiger partial charge in [0.15, 0.2) is 0 Å². The van der Waals surface area contributed by atoms with Crippen molar-refractivity contribution in [3.8, 4) is 0 Å². The lowest BCUT2D eigenvalue weighted by molar-refractivity contribution is -0.135. The molecule has 0 spiro atoms. The molecule has 13 heteroatoms. The molecular weight excluding hydrogens is 396 g/mol. The Morgan fingerprint density at radius 2 is 2.03 bits per heavy atom. The van der Waals surface area contributed by atoms with Crippen LogP contribution in [-0.2, 0) is 16.6 Å². The van der Waals surface area contributed by atoms with Gasteiger partial charge in [0.2, 0.25) is 29.9 Å². The summed E-state index contributed by atoms with van der Waals surface area (Å²) in [6.07, 6.45) is 2.01. The zero-order valence-electron chi connectivity index (χ0n) is 17.3. The van der Waals surface area contributed by atoms with Crippen LogP contribution in [0.2, 0.25) is 0 Å². The molecule has 30 heavy (non-hydrogen) atoms. The predicted octanol–water partition coefficient (Wildman–Crippen LogP) is -1.25. The summed E-state index contributed by atoms with van der Waals surface area (Å²) in [5, 5.41) is 23.4. The standard InChI is InChI=1S/C17H26N8O5/c1-11(26)14(16-22-19-10-30-16)21-12(27)8-24(3)13(28)6-5-7-23(2)17(29)15-18-9-20-25(15)4/h9-11,14,26H,5-8H2,1-4H3,(H,21,27)/t11-,14+/m1/s1. The number of carbonyl (C=O) groups excluding carboxylic acids is 3. The molecule has 3 amide bonds. The van der Waals surface area contributed by atoms with Crippen LogP contribution in [0.5, 0.6) is 0 Å². The van der Waals surface area contributed by atoms with Gasteiger partial charge in [0.25, 0.3) is 5.91 Å². The summed E-state index contributed by atoms with van der Waals surface area (Å²) in [5.74, 6) is -0.740. The highest BCUT2D eigenvalue weighted by Gasteiger charge is 2.25. The Balaban J connectivity index is 1.76. The van der Waals surface area contributed by atoms with Gasteiger partial charge in [-0.3, -0.25) is 14.4 Å². The van der Waals surface area contributed by atoms with Gasteiger partial charge >= 0.3 is 0 Å². The molecule has 0 aliphatic carbocycles. The SMILES string of the molecule is C[C@@H](O)[C@H](NC(=O)CN(C)C(=O)CCCN(C)C(=O)c1ncnn1C)c1nnco1. The third-order valence-electron chi connectivity index (χ3n) is 4.38. The predicted molar refractivity (Wildman–Crippen MR) is 102 cm³/mol. The van der Waals surface area contributed by atoms with Crippen LogP contribution >= 0.6 is 0 Å². The van der Waals surface area contributed by atoms with Crippen molar-refractivity contribution in [1.82, 2.24) is 40.1 Å². The van der Waals surface area contributed by atoms with Gasteiger partial charge < -0.3 is 24.6 Å². The van der Waals surface area contributed by atoms with Gasteiger partial charge in [-0.1, -0.05) is 0 Å². The smallest absolute Gasteiger partial charge is 0.291 e. The summed E-state index contributed by atoms with van der Waals surface area (Å²) < 4.78 is 6.40. The van der Waals surface area contributed by atoms with Crippen LogP contribution in [-0.4, -0.2) is 90.9 Å². The minimum atomic E-state index is -0.961. The third-order valence-corrected chi connectivity index (χ3v) is 4.38. The van der Waals surface area contributed by atoms with Gasteiger partial charge in [-0.2, -0.15) is 5.10 Å². The van der Waals surface area contributed by atoms with Gasteiger partial charge in [-0.15, -0.1) is 10.2 Å². The summed E-state index contributed by atoms with van der Waals surface area (Å²) in [6, 6.07) is -0.872. The summed E-state index contributed by atoms with van der Waals surface area (Å²) >= 11 is 0.